The highest BCUT2D eigenvalue weighted by molar-refractivity contribution is 4.90. The van der Waals surface area contributed by atoms with E-state index in [2.05, 4.69) is 24.1 Å². The van der Waals surface area contributed by atoms with Crippen molar-refractivity contribution < 1.29 is 4.74 Å². The number of rotatable bonds is 2. The Kier molecular flexibility index (Phi) is 3.60. The van der Waals surface area contributed by atoms with Crippen LogP contribution in [0.4, 0.5) is 0 Å². The van der Waals surface area contributed by atoms with Crippen molar-refractivity contribution in [2.24, 2.45) is 5.92 Å². The summed E-state index contributed by atoms with van der Waals surface area (Å²) in [5.41, 5.74) is 0. The number of ether oxygens (including phenoxy) is 1. The van der Waals surface area contributed by atoms with E-state index in [1.807, 2.05) is 0 Å². The van der Waals surface area contributed by atoms with Crippen LogP contribution in [-0.4, -0.2) is 38.8 Å². The molecule has 1 rings (SSSR count). The van der Waals surface area contributed by atoms with Gasteiger partial charge in [0.25, 0.3) is 0 Å². The van der Waals surface area contributed by atoms with Crippen molar-refractivity contribution in [2.45, 2.75) is 6.42 Å². The van der Waals surface area contributed by atoms with Gasteiger partial charge in [0.05, 0.1) is 6.61 Å². The molecular formula is C9H17NO. The number of hydrogen-bond acceptors (Lipinski definition) is 2. The number of likely N-dealkylation sites (N-methyl/N-ethyl adjacent to an activating group) is 1. The number of allylic oxidation sites excluding steroid dienone is 1. The molecule has 0 spiro atoms. The molecule has 0 fully saturated rings. The minimum absolute atomic E-state index is 0.684. The lowest BCUT2D eigenvalue weighted by Gasteiger charge is -2.18. The summed E-state index contributed by atoms with van der Waals surface area (Å²) >= 11 is 0. The van der Waals surface area contributed by atoms with E-state index in [-0.39, 0.29) is 0 Å². The SMILES string of the molecule is COCC1CC=CCN(C)C1. The standard InChI is InChI=1S/C9H17NO/c1-10-6-4-3-5-9(7-10)8-11-2/h3-4,9H,5-8H2,1-2H3. The van der Waals surface area contributed by atoms with Gasteiger partial charge in [-0.15, -0.1) is 0 Å². The third-order valence-electron chi connectivity index (χ3n) is 2.03. The number of methoxy groups -OCH3 is 1. The maximum Gasteiger partial charge on any atom is 0.0505 e. The minimum Gasteiger partial charge on any atom is -0.384 e. The topological polar surface area (TPSA) is 12.5 Å². The maximum absolute atomic E-state index is 5.12. The van der Waals surface area contributed by atoms with Gasteiger partial charge in [0.2, 0.25) is 0 Å². The zero-order chi connectivity index (χ0) is 8.10. The second kappa shape index (κ2) is 4.52. The smallest absolute Gasteiger partial charge is 0.0505 e. The summed E-state index contributed by atoms with van der Waals surface area (Å²) in [5.74, 6) is 0.684. The third kappa shape index (κ3) is 3.04. The molecule has 0 saturated carbocycles. The molecule has 1 atom stereocenters. The molecule has 0 aromatic carbocycles. The van der Waals surface area contributed by atoms with E-state index >= 15 is 0 Å². The van der Waals surface area contributed by atoms with E-state index in [4.69, 9.17) is 4.74 Å². The monoisotopic (exact) mass is 155 g/mol. The van der Waals surface area contributed by atoms with Crippen molar-refractivity contribution in [1.29, 1.82) is 0 Å². The fourth-order valence-electron chi connectivity index (χ4n) is 1.49. The van der Waals surface area contributed by atoms with E-state index in [1.54, 1.807) is 7.11 Å². The molecule has 0 aliphatic carbocycles. The van der Waals surface area contributed by atoms with Crippen LogP contribution in [0.3, 0.4) is 0 Å². The zero-order valence-corrected chi connectivity index (χ0v) is 7.42. The summed E-state index contributed by atoms with van der Waals surface area (Å²) in [4.78, 5) is 2.33. The second-order valence-electron chi connectivity index (χ2n) is 3.25. The fourth-order valence-corrected chi connectivity index (χ4v) is 1.49. The summed E-state index contributed by atoms with van der Waals surface area (Å²) < 4.78 is 5.12. The molecule has 0 amide bonds. The third-order valence-corrected chi connectivity index (χ3v) is 2.03. The highest BCUT2D eigenvalue weighted by Crippen LogP contribution is 2.09. The molecule has 0 N–H and O–H groups in total. The molecule has 1 unspecified atom stereocenters. The van der Waals surface area contributed by atoms with Gasteiger partial charge >= 0.3 is 0 Å². The molecule has 1 heterocycles. The van der Waals surface area contributed by atoms with Crippen LogP contribution < -0.4 is 0 Å². The Bertz CT molecular complexity index is 134. The first-order valence-corrected chi connectivity index (χ1v) is 4.15. The average Bonchev–Trinajstić information content (AvgIpc) is 2.15. The lowest BCUT2D eigenvalue weighted by Crippen LogP contribution is -2.26. The maximum atomic E-state index is 5.12. The molecular weight excluding hydrogens is 138 g/mol. The van der Waals surface area contributed by atoms with Crippen LogP contribution in [0.2, 0.25) is 0 Å². The molecule has 11 heavy (non-hydrogen) atoms. The van der Waals surface area contributed by atoms with Gasteiger partial charge in [-0.1, -0.05) is 12.2 Å². The molecule has 0 aromatic heterocycles. The Morgan fingerprint density at radius 1 is 1.55 bits per heavy atom. The number of hydrogen-bond donors (Lipinski definition) is 0. The summed E-state index contributed by atoms with van der Waals surface area (Å²) in [6, 6.07) is 0. The molecule has 0 aromatic rings. The Balaban J connectivity index is 2.34. The largest absolute Gasteiger partial charge is 0.384 e. The first-order valence-electron chi connectivity index (χ1n) is 4.15. The average molecular weight is 155 g/mol. The van der Waals surface area contributed by atoms with Crippen LogP contribution in [-0.2, 0) is 4.74 Å². The van der Waals surface area contributed by atoms with Gasteiger partial charge in [0, 0.05) is 20.2 Å². The van der Waals surface area contributed by atoms with Gasteiger partial charge in [-0.05, 0) is 19.4 Å². The summed E-state index contributed by atoms with van der Waals surface area (Å²) in [6.07, 6.45) is 5.65. The van der Waals surface area contributed by atoms with E-state index in [9.17, 15) is 0 Å². The molecule has 0 saturated heterocycles. The number of nitrogens with zero attached hydrogens (tertiary/aromatic N) is 1. The van der Waals surface area contributed by atoms with Gasteiger partial charge in [-0.3, -0.25) is 0 Å². The first-order chi connectivity index (χ1) is 5.33. The molecule has 2 nitrogen and oxygen atoms in total. The first kappa shape index (κ1) is 8.75. The van der Waals surface area contributed by atoms with Gasteiger partial charge in [0.15, 0.2) is 0 Å². The second-order valence-corrected chi connectivity index (χ2v) is 3.25. The summed E-state index contributed by atoms with van der Waals surface area (Å²) in [6.45, 7) is 3.12. The molecule has 0 bridgehead atoms. The lowest BCUT2D eigenvalue weighted by molar-refractivity contribution is 0.135. The molecule has 2 heteroatoms. The van der Waals surface area contributed by atoms with Gasteiger partial charge < -0.3 is 9.64 Å². The zero-order valence-electron chi connectivity index (χ0n) is 7.42. The molecule has 1 aliphatic heterocycles. The Morgan fingerprint density at radius 2 is 2.36 bits per heavy atom. The van der Waals surface area contributed by atoms with E-state index in [1.165, 1.54) is 0 Å². The van der Waals surface area contributed by atoms with Crippen LogP contribution in [0.15, 0.2) is 12.2 Å². The van der Waals surface area contributed by atoms with Crippen molar-refractivity contribution >= 4 is 0 Å². The van der Waals surface area contributed by atoms with Crippen LogP contribution in [0.1, 0.15) is 6.42 Å². The summed E-state index contributed by atoms with van der Waals surface area (Å²) in [5, 5.41) is 0. The van der Waals surface area contributed by atoms with Crippen molar-refractivity contribution in [2.75, 3.05) is 33.9 Å². The Morgan fingerprint density at radius 3 is 3.09 bits per heavy atom. The minimum atomic E-state index is 0.684. The van der Waals surface area contributed by atoms with Crippen molar-refractivity contribution in [1.82, 2.24) is 4.90 Å². The van der Waals surface area contributed by atoms with Crippen LogP contribution in [0.25, 0.3) is 0 Å². The molecule has 64 valence electrons. The van der Waals surface area contributed by atoms with Crippen molar-refractivity contribution in [3.8, 4) is 0 Å². The van der Waals surface area contributed by atoms with Crippen LogP contribution in [0.5, 0.6) is 0 Å². The van der Waals surface area contributed by atoms with Gasteiger partial charge in [-0.25, -0.2) is 0 Å². The highest BCUT2D eigenvalue weighted by atomic mass is 16.5. The van der Waals surface area contributed by atoms with Crippen molar-refractivity contribution in [3.05, 3.63) is 12.2 Å². The normalized spacial score (nSPS) is 26.9. The lowest BCUT2D eigenvalue weighted by atomic mass is 10.1. The van der Waals surface area contributed by atoms with Crippen LogP contribution in [0, 0.1) is 5.92 Å². The van der Waals surface area contributed by atoms with Crippen LogP contribution >= 0.6 is 0 Å². The van der Waals surface area contributed by atoms with E-state index in [0.717, 1.165) is 26.1 Å². The van der Waals surface area contributed by atoms with E-state index < -0.39 is 0 Å². The molecule has 0 radical (unpaired) electrons. The Labute approximate surface area is 68.8 Å². The summed E-state index contributed by atoms with van der Waals surface area (Å²) in [7, 11) is 3.92. The Hall–Kier alpha value is -0.340. The fraction of sp³-hybridized carbons (Fsp3) is 0.778. The highest BCUT2D eigenvalue weighted by Gasteiger charge is 2.11. The van der Waals surface area contributed by atoms with E-state index in [0.29, 0.717) is 5.92 Å². The molecule has 1 aliphatic rings. The van der Waals surface area contributed by atoms with Crippen molar-refractivity contribution in [3.63, 3.8) is 0 Å². The quantitative estimate of drug-likeness (QED) is 0.554. The van der Waals surface area contributed by atoms with Gasteiger partial charge in [-0.2, -0.15) is 0 Å². The predicted molar refractivity (Wildman–Crippen MR) is 46.6 cm³/mol. The van der Waals surface area contributed by atoms with Gasteiger partial charge in [0.1, 0.15) is 0 Å². The predicted octanol–water partition coefficient (Wildman–Crippen LogP) is 1.14.